The van der Waals surface area contributed by atoms with E-state index in [1.54, 1.807) is 13.8 Å². The minimum absolute atomic E-state index is 0.0113. The monoisotopic (exact) mass is 296 g/mol. The quantitative estimate of drug-likeness (QED) is 0.496. The molecule has 0 bridgehead atoms. The first-order valence-corrected chi connectivity index (χ1v) is 6.27. The molecule has 0 saturated heterocycles. The van der Waals surface area contributed by atoms with Crippen LogP contribution in [-0.2, 0) is 0 Å². The molecule has 114 valence electrons. The average molecular weight is 296 g/mol. The highest BCUT2D eigenvalue weighted by molar-refractivity contribution is 5.50. The molecule has 0 fully saturated rings. The van der Waals surface area contributed by atoms with E-state index in [4.69, 9.17) is 5.73 Å². The van der Waals surface area contributed by atoms with Gasteiger partial charge in [-0.15, -0.1) is 0 Å². The van der Waals surface area contributed by atoms with Crippen molar-refractivity contribution in [3.8, 4) is 0 Å². The molecular formula is C13H17F5N2. The van der Waals surface area contributed by atoms with E-state index in [9.17, 15) is 22.0 Å². The maximum Gasteiger partial charge on any atom is 0.200 e. The SMILES string of the molecule is CC(C)CN(CCCN)c1c(F)c(F)c(F)c(F)c1F. The highest BCUT2D eigenvalue weighted by Crippen LogP contribution is 2.30. The summed E-state index contributed by atoms with van der Waals surface area (Å²) in [6, 6.07) is 0. The molecule has 0 aromatic heterocycles. The maximum absolute atomic E-state index is 13.7. The Morgan fingerprint density at radius 1 is 0.900 bits per heavy atom. The summed E-state index contributed by atoms with van der Waals surface area (Å²) >= 11 is 0. The largest absolute Gasteiger partial charge is 0.366 e. The summed E-state index contributed by atoms with van der Waals surface area (Å²) in [5, 5.41) is 0. The number of hydrogen-bond donors (Lipinski definition) is 1. The Balaban J connectivity index is 3.31. The van der Waals surface area contributed by atoms with Crippen LogP contribution < -0.4 is 10.6 Å². The first kappa shape index (κ1) is 16.7. The summed E-state index contributed by atoms with van der Waals surface area (Å²) in [6.07, 6.45) is 0.381. The van der Waals surface area contributed by atoms with Gasteiger partial charge >= 0.3 is 0 Å². The second-order valence-electron chi connectivity index (χ2n) is 4.90. The van der Waals surface area contributed by atoms with Crippen LogP contribution in [0, 0.1) is 35.0 Å². The van der Waals surface area contributed by atoms with Crippen LogP contribution in [0.5, 0.6) is 0 Å². The second-order valence-corrected chi connectivity index (χ2v) is 4.90. The first-order chi connectivity index (χ1) is 9.31. The van der Waals surface area contributed by atoms with Gasteiger partial charge in [0, 0.05) is 13.1 Å². The van der Waals surface area contributed by atoms with Crippen molar-refractivity contribution in [3.05, 3.63) is 29.1 Å². The fourth-order valence-corrected chi connectivity index (χ4v) is 1.89. The third kappa shape index (κ3) is 3.39. The predicted molar refractivity (Wildman–Crippen MR) is 67.0 cm³/mol. The molecular weight excluding hydrogens is 279 g/mol. The van der Waals surface area contributed by atoms with Crippen molar-refractivity contribution in [2.45, 2.75) is 20.3 Å². The molecule has 0 aliphatic carbocycles. The highest BCUT2D eigenvalue weighted by atomic mass is 19.2. The van der Waals surface area contributed by atoms with Gasteiger partial charge in [-0.25, -0.2) is 22.0 Å². The van der Waals surface area contributed by atoms with Crippen molar-refractivity contribution >= 4 is 5.69 Å². The zero-order valence-electron chi connectivity index (χ0n) is 11.3. The third-order valence-electron chi connectivity index (χ3n) is 2.72. The van der Waals surface area contributed by atoms with E-state index >= 15 is 0 Å². The van der Waals surface area contributed by atoms with Crippen LogP contribution in [0.4, 0.5) is 27.6 Å². The van der Waals surface area contributed by atoms with Gasteiger partial charge in [-0.3, -0.25) is 0 Å². The van der Waals surface area contributed by atoms with Crippen LogP contribution in [0.15, 0.2) is 0 Å². The fraction of sp³-hybridized carbons (Fsp3) is 0.538. The summed E-state index contributed by atoms with van der Waals surface area (Å²) in [6.45, 7) is 4.10. The molecule has 0 amide bonds. The number of nitrogens with zero attached hydrogens (tertiary/aromatic N) is 1. The van der Waals surface area contributed by atoms with E-state index in [0.717, 1.165) is 4.90 Å². The molecule has 20 heavy (non-hydrogen) atoms. The minimum atomic E-state index is -2.15. The molecule has 7 heteroatoms. The topological polar surface area (TPSA) is 29.3 Å². The number of rotatable bonds is 6. The van der Waals surface area contributed by atoms with Crippen LogP contribution in [0.1, 0.15) is 20.3 Å². The van der Waals surface area contributed by atoms with Gasteiger partial charge in [0.2, 0.25) is 5.82 Å². The van der Waals surface area contributed by atoms with Crippen LogP contribution in [-0.4, -0.2) is 19.6 Å². The van der Waals surface area contributed by atoms with Crippen LogP contribution in [0.25, 0.3) is 0 Å². The number of hydrogen-bond acceptors (Lipinski definition) is 2. The summed E-state index contributed by atoms with van der Waals surface area (Å²) < 4.78 is 66.9. The Morgan fingerprint density at radius 2 is 1.35 bits per heavy atom. The molecule has 0 saturated carbocycles. The van der Waals surface area contributed by atoms with Crippen LogP contribution >= 0.6 is 0 Å². The number of halogens is 5. The van der Waals surface area contributed by atoms with Gasteiger partial charge in [0.15, 0.2) is 23.3 Å². The van der Waals surface area contributed by atoms with Crippen molar-refractivity contribution in [1.29, 1.82) is 0 Å². The van der Waals surface area contributed by atoms with Crippen molar-refractivity contribution in [2.75, 3.05) is 24.5 Å². The maximum atomic E-state index is 13.7. The molecule has 0 aliphatic heterocycles. The van der Waals surface area contributed by atoms with Crippen molar-refractivity contribution in [1.82, 2.24) is 0 Å². The molecule has 1 rings (SSSR count). The summed E-state index contributed by atoms with van der Waals surface area (Å²) in [4.78, 5) is 1.15. The zero-order chi connectivity index (χ0) is 15.4. The Kier molecular flexibility index (Phi) is 5.74. The molecule has 0 aliphatic rings. The van der Waals surface area contributed by atoms with Gasteiger partial charge in [-0.05, 0) is 18.9 Å². The molecule has 2 N–H and O–H groups in total. The molecule has 0 unspecified atom stereocenters. The van der Waals surface area contributed by atoms with Crippen molar-refractivity contribution in [2.24, 2.45) is 11.7 Å². The van der Waals surface area contributed by atoms with Crippen molar-refractivity contribution < 1.29 is 22.0 Å². The van der Waals surface area contributed by atoms with Gasteiger partial charge < -0.3 is 10.6 Å². The van der Waals surface area contributed by atoms with Gasteiger partial charge in [0.05, 0.1) is 0 Å². The molecule has 2 nitrogen and oxygen atoms in total. The predicted octanol–water partition coefficient (Wildman–Crippen LogP) is 3.19. The number of benzene rings is 1. The van der Waals surface area contributed by atoms with Crippen molar-refractivity contribution in [3.63, 3.8) is 0 Å². The highest BCUT2D eigenvalue weighted by Gasteiger charge is 2.29. The molecule has 0 spiro atoms. The lowest BCUT2D eigenvalue weighted by molar-refractivity contribution is 0.376. The lowest BCUT2D eigenvalue weighted by Crippen LogP contribution is -2.32. The van der Waals surface area contributed by atoms with E-state index < -0.39 is 34.8 Å². The standard InChI is InChI=1S/C13H17F5N2/c1-7(2)6-20(5-3-4-19)13-11(17)9(15)8(14)10(16)12(13)18/h7H,3-6,19H2,1-2H3. The Labute approximate surface area is 114 Å². The number of anilines is 1. The molecule has 0 heterocycles. The molecule has 1 aromatic carbocycles. The normalized spacial score (nSPS) is 11.2. The van der Waals surface area contributed by atoms with E-state index in [2.05, 4.69) is 0 Å². The smallest absolute Gasteiger partial charge is 0.200 e. The van der Waals surface area contributed by atoms with E-state index in [1.807, 2.05) is 0 Å². The second kappa shape index (κ2) is 6.88. The van der Waals surface area contributed by atoms with E-state index in [-0.39, 0.29) is 25.6 Å². The molecule has 0 atom stereocenters. The lowest BCUT2D eigenvalue weighted by atomic mass is 10.1. The summed E-state index contributed by atoms with van der Waals surface area (Å²) in [7, 11) is 0. The van der Waals surface area contributed by atoms with Gasteiger partial charge in [-0.2, -0.15) is 0 Å². The van der Waals surface area contributed by atoms with E-state index in [0.29, 0.717) is 6.42 Å². The van der Waals surface area contributed by atoms with Crippen LogP contribution in [0.3, 0.4) is 0 Å². The van der Waals surface area contributed by atoms with Gasteiger partial charge in [0.1, 0.15) is 5.69 Å². The fourth-order valence-electron chi connectivity index (χ4n) is 1.89. The minimum Gasteiger partial charge on any atom is -0.366 e. The summed E-state index contributed by atoms with van der Waals surface area (Å²) in [5.74, 6) is -9.63. The zero-order valence-corrected chi connectivity index (χ0v) is 11.3. The molecule has 0 radical (unpaired) electrons. The Hall–Kier alpha value is -1.37. The first-order valence-electron chi connectivity index (χ1n) is 6.27. The van der Waals surface area contributed by atoms with Crippen LogP contribution in [0.2, 0.25) is 0 Å². The Bertz CT molecular complexity index is 447. The summed E-state index contributed by atoms with van der Waals surface area (Å²) in [5.41, 5.74) is 4.44. The lowest BCUT2D eigenvalue weighted by Gasteiger charge is -2.27. The number of nitrogens with two attached hydrogens (primary N) is 1. The third-order valence-corrected chi connectivity index (χ3v) is 2.72. The average Bonchev–Trinajstić information content (AvgIpc) is 2.39. The molecule has 1 aromatic rings. The van der Waals surface area contributed by atoms with E-state index in [1.165, 1.54) is 0 Å². The van der Waals surface area contributed by atoms with Gasteiger partial charge in [0.25, 0.3) is 0 Å². The van der Waals surface area contributed by atoms with Gasteiger partial charge in [-0.1, -0.05) is 13.8 Å². The Morgan fingerprint density at radius 3 is 1.75 bits per heavy atom.